The number of benzene rings is 2. The second kappa shape index (κ2) is 5.66. The molecule has 0 bridgehead atoms. The average molecular weight is 324 g/mol. The number of hydrogen-bond acceptors (Lipinski definition) is 0. The van der Waals surface area contributed by atoms with Gasteiger partial charge in [0.15, 0.2) is 0 Å². The van der Waals surface area contributed by atoms with Crippen molar-refractivity contribution in [3.63, 3.8) is 0 Å². The minimum atomic E-state index is -0.380. The molecule has 0 aromatic heterocycles. The summed E-state index contributed by atoms with van der Waals surface area (Å²) in [6.45, 7) is 0. The summed E-state index contributed by atoms with van der Waals surface area (Å²) in [6, 6.07) is 7.84. The normalized spacial score (nSPS) is 10.7. The fourth-order valence-electron chi connectivity index (χ4n) is 1.70. The first-order chi connectivity index (χ1) is 8.54. The van der Waals surface area contributed by atoms with Gasteiger partial charge >= 0.3 is 0 Å². The third kappa shape index (κ3) is 2.60. The Morgan fingerprint density at radius 3 is 2.39 bits per heavy atom. The molecule has 2 aromatic carbocycles. The molecule has 2 rings (SSSR count). The summed E-state index contributed by atoms with van der Waals surface area (Å²) in [5.41, 5.74) is 1.54. The highest BCUT2D eigenvalue weighted by Crippen LogP contribution is 2.38. The molecule has 0 radical (unpaired) electrons. The van der Waals surface area contributed by atoms with Gasteiger partial charge in [0.05, 0.1) is 15.9 Å². The van der Waals surface area contributed by atoms with E-state index in [-0.39, 0.29) is 11.7 Å². The summed E-state index contributed by atoms with van der Waals surface area (Å²) in [4.78, 5) is 0. The van der Waals surface area contributed by atoms with Crippen LogP contribution in [0, 0.1) is 5.82 Å². The summed E-state index contributed by atoms with van der Waals surface area (Å²) >= 11 is 23.8. The molecule has 5 heteroatoms. The van der Waals surface area contributed by atoms with Crippen molar-refractivity contribution in [1.29, 1.82) is 0 Å². The van der Waals surface area contributed by atoms with Gasteiger partial charge in [-0.15, -0.1) is 11.6 Å². The molecule has 0 spiro atoms. The molecule has 0 aliphatic carbocycles. The maximum atomic E-state index is 13.7. The maximum Gasteiger partial charge on any atom is 0.128 e. The van der Waals surface area contributed by atoms with Gasteiger partial charge in [-0.25, -0.2) is 4.39 Å². The van der Waals surface area contributed by atoms with Crippen LogP contribution in [-0.4, -0.2) is 0 Å². The van der Waals surface area contributed by atoms with Crippen molar-refractivity contribution >= 4 is 46.4 Å². The zero-order valence-corrected chi connectivity index (χ0v) is 12.0. The van der Waals surface area contributed by atoms with Crippen LogP contribution in [-0.2, 0) is 5.88 Å². The highest BCUT2D eigenvalue weighted by molar-refractivity contribution is 6.45. The summed E-state index contributed by atoms with van der Waals surface area (Å²) in [5, 5.41) is 1.09. The monoisotopic (exact) mass is 322 g/mol. The summed E-state index contributed by atoms with van der Waals surface area (Å²) in [5.74, 6) is -0.336. The van der Waals surface area contributed by atoms with Crippen LogP contribution in [0.25, 0.3) is 11.1 Å². The van der Waals surface area contributed by atoms with E-state index in [9.17, 15) is 4.39 Å². The van der Waals surface area contributed by atoms with Gasteiger partial charge in [-0.3, -0.25) is 0 Å². The molecule has 0 heterocycles. The van der Waals surface area contributed by atoms with Gasteiger partial charge in [0.1, 0.15) is 5.82 Å². The number of rotatable bonds is 2. The van der Waals surface area contributed by atoms with Crippen molar-refractivity contribution in [2.24, 2.45) is 0 Å². The molecular formula is C13H7Cl4F. The fourth-order valence-corrected chi connectivity index (χ4v) is 2.67. The van der Waals surface area contributed by atoms with Crippen LogP contribution in [0.2, 0.25) is 15.1 Å². The van der Waals surface area contributed by atoms with E-state index in [0.29, 0.717) is 31.8 Å². The van der Waals surface area contributed by atoms with Crippen LogP contribution in [0.1, 0.15) is 5.56 Å². The number of hydrogen-bond donors (Lipinski definition) is 0. The Labute approximate surface area is 124 Å². The lowest BCUT2D eigenvalue weighted by atomic mass is 10.00. The molecule has 94 valence electrons. The second-order valence-electron chi connectivity index (χ2n) is 3.65. The average Bonchev–Trinajstić information content (AvgIpc) is 2.33. The Bertz CT molecular complexity index is 596. The standard InChI is InChI=1S/C13H7Cl4F/c14-6-10-8(2-1-3-12(10)18)9-4-7(15)5-11(16)13(9)17/h1-5H,6H2. The van der Waals surface area contributed by atoms with Gasteiger partial charge in [-0.05, 0) is 23.8 Å². The molecule has 0 saturated heterocycles. The van der Waals surface area contributed by atoms with E-state index < -0.39 is 0 Å². The van der Waals surface area contributed by atoms with E-state index in [4.69, 9.17) is 46.4 Å². The van der Waals surface area contributed by atoms with Crippen molar-refractivity contribution in [1.82, 2.24) is 0 Å². The molecular weight excluding hydrogens is 317 g/mol. The van der Waals surface area contributed by atoms with Crippen LogP contribution in [0.3, 0.4) is 0 Å². The molecule has 18 heavy (non-hydrogen) atoms. The molecule has 2 aromatic rings. The van der Waals surface area contributed by atoms with Crippen molar-refractivity contribution < 1.29 is 4.39 Å². The topological polar surface area (TPSA) is 0 Å². The van der Waals surface area contributed by atoms with E-state index in [1.54, 1.807) is 18.2 Å². The summed E-state index contributed by atoms with van der Waals surface area (Å²) in [7, 11) is 0. The predicted molar refractivity (Wildman–Crippen MR) is 76.4 cm³/mol. The number of alkyl halides is 1. The zero-order valence-electron chi connectivity index (χ0n) is 8.98. The van der Waals surface area contributed by atoms with E-state index in [2.05, 4.69) is 0 Å². The van der Waals surface area contributed by atoms with Crippen LogP contribution in [0.15, 0.2) is 30.3 Å². The third-order valence-corrected chi connectivity index (χ3v) is 3.82. The fraction of sp³-hybridized carbons (Fsp3) is 0.0769. The van der Waals surface area contributed by atoms with Gasteiger partial charge in [0.2, 0.25) is 0 Å². The first-order valence-electron chi connectivity index (χ1n) is 5.03. The molecule has 0 fully saturated rings. The van der Waals surface area contributed by atoms with Gasteiger partial charge in [0.25, 0.3) is 0 Å². The summed E-state index contributed by atoms with van der Waals surface area (Å²) < 4.78 is 13.7. The lowest BCUT2D eigenvalue weighted by Gasteiger charge is -2.11. The summed E-state index contributed by atoms with van der Waals surface area (Å²) in [6.07, 6.45) is 0. The minimum absolute atomic E-state index is 0.0441. The molecule has 0 saturated carbocycles. The van der Waals surface area contributed by atoms with Crippen molar-refractivity contribution in [2.45, 2.75) is 5.88 Å². The molecule has 0 amide bonds. The quantitative estimate of drug-likeness (QED) is 0.456. The third-order valence-electron chi connectivity index (χ3n) is 2.54. The smallest absolute Gasteiger partial charge is 0.128 e. The Morgan fingerprint density at radius 1 is 1.00 bits per heavy atom. The van der Waals surface area contributed by atoms with Crippen molar-refractivity contribution in [3.8, 4) is 11.1 Å². The molecule has 0 nitrogen and oxygen atoms in total. The number of halogens is 5. The molecule has 0 atom stereocenters. The maximum absolute atomic E-state index is 13.7. The van der Waals surface area contributed by atoms with Gasteiger partial charge in [0, 0.05) is 16.1 Å². The Kier molecular flexibility index (Phi) is 4.39. The van der Waals surface area contributed by atoms with Crippen molar-refractivity contribution in [3.05, 3.63) is 56.8 Å². The highest BCUT2D eigenvalue weighted by atomic mass is 35.5. The van der Waals surface area contributed by atoms with Crippen LogP contribution < -0.4 is 0 Å². The molecule has 0 N–H and O–H groups in total. The predicted octanol–water partition coefficient (Wildman–Crippen LogP) is 6.19. The Balaban J connectivity index is 2.73. The SMILES string of the molecule is Fc1cccc(-c2cc(Cl)cc(Cl)c2Cl)c1CCl. The first-order valence-corrected chi connectivity index (χ1v) is 6.69. The Hall–Kier alpha value is -0.470. The minimum Gasteiger partial charge on any atom is -0.207 e. The molecule has 0 aliphatic heterocycles. The van der Waals surface area contributed by atoms with Crippen LogP contribution >= 0.6 is 46.4 Å². The molecule has 0 aliphatic rings. The van der Waals surface area contributed by atoms with E-state index in [0.717, 1.165) is 0 Å². The largest absolute Gasteiger partial charge is 0.207 e. The highest BCUT2D eigenvalue weighted by Gasteiger charge is 2.14. The van der Waals surface area contributed by atoms with Crippen molar-refractivity contribution in [2.75, 3.05) is 0 Å². The second-order valence-corrected chi connectivity index (χ2v) is 5.14. The van der Waals surface area contributed by atoms with Crippen LogP contribution in [0.5, 0.6) is 0 Å². The van der Waals surface area contributed by atoms with E-state index in [1.807, 2.05) is 0 Å². The van der Waals surface area contributed by atoms with Crippen LogP contribution in [0.4, 0.5) is 4.39 Å². The van der Waals surface area contributed by atoms with E-state index >= 15 is 0 Å². The first kappa shape index (κ1) is 14.0. The molecule has 0 unspecified atom stereocenters. The van der Waals surface area contributed by atoms with Gasteiger partial charge in [-0.2, -0.15) is 0 Å². The lowest BCUT2D eigenvalue weighted by Crippen LogP contribution is -1.92. The lowest BCUT2D eigenvalue weighted by molar-refractivity contribution is 0.617. The van der Waals surface area contributed by atoms with E-state index in [1.165, 1.54) is 12.1 Å². The Morgan fingerprint density at radius 2 is 1.72 bits per heavy atom. The zero-order chi connectivity index (χ0) is 13.3. The van der Waals surface area contributed by atoms with Gasteiger partial charge < -0.3 is 0 Å². The van der Waals surface area contributed by atoms with Gasteiger partial charge in [-0.1, -0.05) is 46.9 Å².